The summed E-state index contributed by atoms with van der Waals surface area (Å²) >= 11 is 0. The molecule has 0 bridgehead atoms. The van der Waals surface area contributed by atoms with Crippen LogP contribution in [0.15, 0.2) is 0 Å². The molecule has 0 saturated carbocycles. The summed E-state index contributed by atoms with van der Waals surface area (Å²) in [5.74, 6) is 0.640. The molecular weight excluding hydrogens is 274 g/mol. The first kappa shape index (κ1) is 14.8. The van der Waals surface area contributed by atoms with E-state index in [1.807, 2.05) is 0 Å². The van der Waals surface area contributed by atoms with Gasteiger partial charge >= 0.3 is 0 Å². The van der Waals surface area contributed by atoms with Crippen molar-refractivity contribution in [3.63, 3.8) is 0 Å². The Morgan fingerprint density at radius 3 is 2.85 bits per heavy atom. The standard InChI is InChI=1S/C14H27N3O2S/c18-20(19)10-5-15-13(12-20)4-9-16-6-2-8-17-7-1-3-14(17)11-16/h13-15H,1-12H2. The normalized spacial score (nSPS) is 35.6. The van der Waals surface area contributed by atoms with Crippen molar-refractivity contribution < 1.29 is 8.42 Å². The van der Waals surface area contributed by atoms with Crippen LogP contribution < -0.4 is 5.32 Å². The molecule has 116 valence electrons. The van der Waals surface area contributed by atoms with Crippen LogP contribution in [0.5, 0.6) is 0 Å². The summed E-state index contributed by atoms with van der Waals surface area (Å²) < 4.78 is 23.3. The zero-order chi connectivity index (χ0) is 14.0. The summed E-state index contributed by atoms with van der Waals surface area (Å²) in [7, 11) is -2.80. The van der Waals surface area contributed by atoms with E-state index in [-0.39, 0.29) is 6.04 Å². The number of rotatable bonds is 3. The summed E-state index contributed by atoms with van der Waals surface area (Å²) in [4.78, 5) is 5.20. The van der Waals surface area contributed by atoms with E-state index in [9.17, 15) is 8.42 Å². The molecule has 2 unspecified atom stereocenters. The lowest BCUT2D eigenvalue weighted by atomic mass is 10.2. The van der Waals surface area contributed by atoms with E-state index >= 15 is 0 Å². The molecule has 3 aliphatic rings. The van der Waals surface area contributed by atoms with Crippen LogP contribution in [0, 0.1) is 0 Å². The van der Waals surface area contributed by atoms with Crippen molar-refractivity contribution in [3.8, 4) is 0 Å². The van der Waals surface area contributed by atoms with Gasteiger partial charge in [0.2, 0.25) is 0 Å². The number of sulfone groups is 1. The highest BCUT2D eigenvalue weighted by molar-refractivity contribution is 7.91. The summed E-state index contributed by atoms with van der Waals surface area (Å²) in [6.45, 7) is 6.55. The second-order valence-electron chi connectivity index (χ2n) is 6.54. The third-order valence-electron chi connectivity index (χ3n) is 4.98. The van der Waals surface area contributed by atoms with E-state index < -0.39 is 9.84 Å². The fraction of sp³-hybridized carbons (Fsp3) is 1.00. The molecule has 0 spiro atoms. The zero-order valence-electron chi connectivity index (χ0n) is 12.3. The van der Waals surface area contributed by atoms with Crippen LogP contribution in [0.2, 0.25) is 0 Å². The molecule has 3 fully saturated rings. The molecule has 0 aromatic heterocycles. The molecule has 3 saturated heterocycles. The van der Waals surface area contributed by atoms with Gasteiger partial charge in [0.05, 0.1) is 11.5 Å². The van der Waals surface area contributed by atoms with Gasteiger partial charge < -0.3 is 10.2 Å². The van der Waals surface area contributed by atoms with Crippen molar-refractivity contribution in [2.75, 3.05) is 50.8 Å². The molecule has 0 amide bonds. The third kappa shape index (κ3) is 3.72. The molecule has 0 aromatic carbocycles. The Bertz CT molecular complexity index is 426. The highest BCUT2D eigenvalue weighted by Gasteiger charge is 2.29. The SMILES string of the molecule is O=S1(=O)CCNC(CCN2CCCN3CCCC3C2)C1. The summed E-state index contributed by atoms with van der Waals surface area (Å²) in [6, 6.07) is 0.914. The van der Waals surface area contributed by atoms with Gasteiger partial charge in [0.25, 0.3) is 0 Å². The topological polar surface area (TPSA) is 52.7 Å². The Labute approximate surface area is 122 Å². The number of nitrogens with one attached hydrogen (secondary N) is 1. The monoisotopic (exact) mass is 301 g/mol. The second kappa shape index (κ2) is 6.30. The van der Waals surface area contributed by atoms with E-state index in [2.05, 4.69) is 15.1 Å². The number of nitrogens with zero attached hydrogens (tertiary/aromatic N) is 2. The van der Waals surface area contributed by atoms with Crippen LogP contribution in [0.4, 0.5) is 0 Å². The van der Waals surface area contributed by atoms with Crippen LogP contribution in [0.25, 0.3) is 0 Å². The van der Waals surface area contributed by atoms with Crippen LogP contribution >= 0.6 is 0 Å². The molecule has 3 aliphatic heterocycles. The Kier molecular flexibility index (Phi) is 4.65. The van der Waals surface area contributed by atoms with Gasteiger partial charge in [0, 0.05) is 25.2 Å². The minimum Gasteiger partial charge on any atom is -0.312 e. The molecule has 6 heteroatoms. The van der Waals surface area contributed by atoms with Gasteiger partial charge in [-0.3, -0.25) is 4.90 Å². The average Bonchev–Trinajstić information content (AvgIpc) is 2.73. The maximum Gasteiger partial charge on any atom is 0.153 e. The Balaban J connectivity index is 1.48. The molecule has 2 atom stereocenters. The lowest BCUT2D eigenvalue weighted by molar-refractivity contribution is 0.214. The molecule has 3 rings (SSSR count). The van der Waals surface area contributed by atoms with Crippen LogP contribution in [0.3, 0.4) is 0 Å². The third-order valence-corrected chi connectivity index (χ3v) is 6.72. The first-order chi connectivity index (χ1) is 9.62. The zero-order valence-corrected chi connectivity index (χ0v) is 13.1. The lowest BCUT2D eigenvalue weighted by Crippen LogP contribution is -2.47. The Hall–Kier alpha value is -0.170. The summed E-state index contributed by atoms with van der Waals surface area (Å²) in [6.07, 6.45) is 4.91. The molecule has 3 heterocycles. The van der Waals surface area contributed by atoms with Crippen molar-refractivity contribution in [2.24, 2.45) is 0 Å². The van der Waals surface area contributed by atoms with Crippen molar-refractivity contribution in [3.05, 3.63) is 0 Å². The van der Waals surface area contributed by atoms with Crippen molar-refractivity contribution in [1.82, 2.24) is 15.1 Å². The molecule has 0 aliphatic carbocycles. The quantitative estimate of drug-likeness (QED) is 0.791. The van der Waals surface area contributed by atoms with Crippen molar-refractivity contribution in [1.29, 1.82) is 0 Å². The van der Waals surface area contributed by atoms with Gasteiger partial charge in [-0.05, 0) is 51.9 Å². The van der Waals surface area contributed by atoms with Crippen LogP contribution in [0.1, 0.15) is 25.7 Å². The largest absolute Gasteiger partial charge is 0.312 e. The predicted molar refractivity (Wildman–Crippen MR) is 80.7 cm³/mol. The van der Waals surface area contributed by atoms with E-state index in [1.165, 1.54) is 45.4 Å². The van der Waals surface area contributed by atoms with E-state index in [0.29, 0.717) is 18.1 Å². The summed E-state index contributed by atoms with van der Waals surface area (Å²) in [5, 5.41) is 3.36. The minimum absolute atomic E-state index is 0.164. The fourth-order valence-corrected chi connectivity index (χ4v) is 5.37. The summed E-state index contributed by atoms with van der Waals surface area (Å²) in [5.41, 5.74) is 0. The van der Waals surface area contributed by atoms with Gasteiger partial charge in [-0.2, -0.15) is 0 Å². The maximum atomic E-state index is 11.7. The number of fused-ring (bicyclic) bond motifs is 1. The predicted octanol–water partition coefficient (Wildman–Crippen LogP) is -0.0668. The number of hydrogen-bond donors (Lipinski definition) is 1. The van der Waals surface area contributed by atoms with Gasteiger partial charge in [-0.1, -0.05) is 0 Å². The molecule has 0 aromatic rings. The fourth-order valence-electron chi connectivity index (χ4n) is 3.88. The molecule has 0 radical (unpaired) electrons. The molecule has 5 nitrogen and oxygen atoms in total. The highest BCUT2D eigenvalue weighted by atomic mass is 32.2. The smallest absolute Gasteiger partial charge is 0.153 e. The molecule has 20 heavy (non-hydrogen) atoms. The lowest BCUT2D eigenvalue weighted by Gasteiger charge is -2.29. The van der Waals surface area contributed by atoms with Crippen LogP contribution in [-0.2, 0) is 9.84 Å². The minimum atomic E-state index is -2.80. The van der Waals surface area contributed by atoms with E-state index in [1.54, 1.807) is 0 Å². The average molecular weight is 301 g/mol. The van der Waals surface area contributed by atoms with Gasteiger partial charge in [-0.25, -0.2) is 8.42 Å². The maximum absolute atomic E-state index is 11.7. The van der Waals surface area contributed by atoms with Gasteiger partial charge in [0.1, 0.15) is 0 Å². The second-order valence-corrected chi connectivity index (χ2v) is 8.77. The van der Waals surface area contributed by atoms with Crippen molar-refractivity contribution >= 4 is 9.84 Å². The van der Waals surface area contributed by atoms with Crippen molar-refractivity contribution in [2.45, 2.75) is 37.8 Å². The van der Waals surface area contributed by atoms with Gasteiger partial charge in [-0.15, -0.1) is 0 Å². The first-order valence-corrected chi connectivity index (χ1v) is 9.85. The highest BCUT2D eigenvalue weighted by Crippen LogP contribution is 2.21. The number of hydrogen-bond acceptors (Lipinski definition) is 5. The van der Waals surface area contributed by atoms with Gasteiger partial charge in [0.15, 0.2) is 9.84 Å². The van der Waals surface area contributed by atoms with E-state index in [4.69, 9.17) is 0 Å². The molecular formula is C14H27N3O2S. The Morgan fingerprint density at radius 2 is 2.00 bits per heavy atom. The first-order valence-electron chi connectivity index (χ1n) is 8.03. The molecule has 1 N–H and O–H groups in total. The Morgan fingerprint density at radius 1 is 1.15 bits per heavy atom. The van der Waals surface area contributed by atoms with E-state index in [0.717, 1.165) is 19.0 Å². The van der Waals surface area contributed by atoms with Crippen LogP contribution in [-0.4, -0.2) is 81.1 Å².